The van der Waals surface area contributed by atoms with Crippen LogP contribution in [-0.4, -0.2) is 57.7 Å². The Kier molecular flexibility index (Phi) is 4.29. The molecule has 2 heterocycles. The molecule has 1 aromatic heterocycles. The monoisotopic (exact) mass is 317 g/mol. The number of carboxylic acids is 1. The Hall–Kier alpha value is -2.41. The van der Waals surface area contributed by atoms with Crippen molar-refractivity contribution in [2.24, 2.45) is 7.05 Å². The van der Waals surface area contributed by atoms with Gasteiger partial charge in [0.05, 0.1) is 11.0 Å². The Morgan fingerprint density at radius 3 is 2.87 bits per heavy atom. The number of carboxylic acid groups (broad SMARTS) is 1. The lowest BCUT2D eigenvalue weighted by Gasteiger charge is -2.16. The first kappa shape index (κ1) is 15.5. The predicted molar refractivity (Wildman–Crippen MR) is 83.1 cm³/mol. The molecule has 2 aromatic rings. The number of benzene rings is 1. The van der Waals surface area contributed by atoms with Gasteiger partial charge in [0, 0.05) is 26.1 Å². The maximum absolute atomic E-state index is 12.0. The normalized spacial score (nSPS) is 17.8. The van der Waals surface area contributed by atoms with Crippen molar-refractivity contribution in [3.05, 3.63) is 30.1 Å². The van der Waals surface area contributed by atoms with Crippen LogP contribution in [0.1, 0.15) is 18.2 Å². The molecule has 122 valence electrons. The molecule has 3 rings (SSSR count). The number of hydrogen-bond acceptors (Lipinski definition) is 4. The van der Waals surface area contributed by atoms with Crippen LogP contribution in [0.2, 0.25) is 0 Å². The van der Waals surface area contributed by atoms with E-state index in [0.29, 0.717) is 13.1 Å². The van der Waals surface area contributed by atoms with Crippen LogP contribution in [-0.2, 0) is 21.4 Å². The van der Waals surface area contributed by atoms with E-state index >= 15 is 0 Å². The van der Waals surface area contributed by atoms with E-state index in [4.69, 9.17) is 9.84 Å². The maximum Gasteiger partial charge on any atom is 0.329 e. The minimum atomic E-state index is -1.07. The number of rotatable bonds is 5. The first-order chi connectivity index (χ1) is 11.1. The molecular formula is C16H19N3O4. The van der Waals surface area contributed by atoms with E-state index < -0.39 is 12.6 Å². The van der Waals surface area contributed by atoms with E-state index in [2.05, 4.69) is 9.55 Å². The van der Waals surface area contributed by atoms with Crippen molar-refractivity contribution in [1.29, 1.82) is 0 Å². The van der Waals surface area contributed by atoms with Gasteiger partial charge in [0.25, 0.3) is 0 Å². The molecule has 0 aliphatic carbocycles. The van der Waals surface area contributed by atoms with Crippen molar-refractivity contribution in [3.8, 4) is 0 Å². The second kappa shape index (κ2) is 6.37. The van der Waals surface area contributed by atoms with Gasteiger partial charge < -0.3 is 19.3 Å². The number of fused-ring (bicyclic) bond motifs is 1. The van der Waals surface area contributed by atoms with Crippen molar-refractivity contribution in [3.63, 3.8) is 0 Å². The summed E-state index contributed by atoms with van der Waals surface area (Å²) < 4.78 is 6.95. The summed E-state index contributed by atoms with van der Waals surface area (Å²) in [5.74, 6) is -0.0758. The lowest BCUT2D eigenvalue weighted by Crippen LogP contribution is -2.32. The van der Waals surface area contributed by atoms with Gasteiger partial charge in [-0.05, 0) is 18.6 Å². The van der Waals surface area contributed by atoms with Crippen LogP contribution < -0.4 is 0 Å². The lowest BCUT2D eigenvalue weighted by molar-refractivity contribution is -0.145. The van der Waals surface area contributed by atoms with Crippen LogP contribution in [0, 0.1) is 0 Å². The van der Waals surface area contributed by atoms with Crippen molar-refractivity contribution in [2.45, 2.75) is 12.3 Å². The van der Waals surface area contributed by atoms with Gasteiger partial charge in [-0.3, -0.25) is 4.79 Å². The lowest BCUT2D eigenvalue weighted by atomic mass is 10.1. The van der Waals surface area contributed by atoms with Gasteiger partial charge in [0.2, 0.25) is 5.91 Å². The summed E-state index contributed by atoms with van der Waals surface area (Å²) in [4.78, 5) is 28.8. The number of aryl methyl sites for hydroxylation is 1. The number of carbonyl (C=O) groups excluding carboxylic acids is 1. The van der Waals surface area contributed by atoms with E-state index in [1.165, 1.54) is 0 Å². The third kappa shape index (κ3) is 3.19. The molecule has 0 radical (unpaired) electrons. The van der Waals surface area contributed by atoms with Crippen molar-refractivity contribution < 1.29 is 19.4 Å². The number of ether oxygens (including phenoxy) is 1. The molecule has 1 fully saturated rings. The summed E-state index contributed by atoms with van der Waals surface area (Å²) in [6, 6.07) is 7.96. The topological polar surface area (TPSA) is 84.7 Å². The fraction of sp³-hybridized carbons (Fsp3) is 0.438. The fourth-order valence-corrected chi connectivity index (χ4v) is 3.04. The van der Waals surface area contributed by atoms with Gasteiger partial charge in [-0.25, -0.2) is 9.78 Å². The van der Waals surface area contributed by atoms with Crippen LogP contribution in [0.25, 0.3) is 11.0 Å². The zero-order valence-corrected chi connectivity index (χ0v) is 12.9. The molecule has 1 saturated heterocycles. The molecule has 7 heteroatoms. The van der Waals surface area contributed by atoms with E-state index in [9.17, 15) is 9.59 Å². The highest BCUT2D eigenvalue weighted by molar-refractivity contribution is 5.79. The molecule has 7 nitrogen and oxygen atoms in total. The number of likely N-dealkylation sites (tertiary alicyclic amines) is 1. The highest BCUT2D eigenvalue weighted by Crippen LogP contribution is 2.28. The third-order valence-corrected chi connectivity index (χ3v) is 4.18. The molecular weight excluding hydrogens is 298 g/mol. The van der Waals surface area contributed by atoms with Crippen LogP contribution >= 0.6 is 0 Å². The highest BCUT2D eigenvalue weighted by Gasteiger charge is 2.30. The van der Waals surface area contributed by atoms with E-state index in [0.717, 1.165) is 23.3 Å². The Labute approximate surface area is 133 Å². The number of carbonyl (C=O) groups is 2. The SMILES string of the molecule is Cn1c(C2CCN(C(=O)COCC(=O)O)C2)nc2ccccc21. The molecule has 1 aromatic carbocycles. The van der Waals surface area contributed by atoms with Crippen LogP contribution in [0.4, 0.5) is 0 Å². The molecule has 23 heavy (non-hydrogen) atoms. The number of para-hydroxylation sites is 2. The highest BCUT2D eigenvalue weighted by atomic mass is 16.5. The first-order valence-corrected chi connectivity index (χ1v) is 7.55. The minimum absolute atomic E-state index is 0.174. The number of imidazole rings is 1. The summed E-state index contributed by atoms with van der Waals surface area (Å²) in [7, 11) is 1.99. The molecule has 0 saturated carbocycles. The molecule has 0 spiro atoms. The molecule has 1 unspecified atom stereocenters. The second-order valence-corrected chi connectivity index (χ2v) is 5.73. The van der Waals surface area contributed by atoms with Crippen LogP contribution in [0.3, 0.4) is 0 Å². The van der Waals surface area contributed by atoms with Gasteiger partial charge in [0.1, 0.15) is 19.0 Å². The van der Waals surface area contributed by atoms with Gasteiger partial charge in [0.15, 0.2) is 0 Å². The van der Waals surface area contributed by atoms with Gasteiger partial charge in [-0.15, -0.1) is 0 Å². The number of aliphatic carboxylic acids is 1. The number of amides is 1. The van der Waals surface area contributed by atoms with Crippen LogP contribution in [0.15, 0.2) is 24.3 Å². The quantitative estimate of drug-likeness (QED) is 0.889. The Morgan fingerprint density at radius 2 is 2.13 bits per heavy atom. The number of hydrogen-bond donors (Lipinski definition) is 1. The zero-order valence-electron chi connectivity index (χ0n) is 12.9. The van der Waals surface area contributed by atoms with Gasteiger partial charge >= 0.3 is 5.97 Å². The average Bonchev–Trinajstić information content (AvgIpc) is 3.12. The first-order valence-electron chi connectivity index (χ1n) is 7.55. The smallest absolute Gasteiger partial charge is 0.329 e. The Bertz CT molecular complexity index is 740. The Balaban J connectivity index is 1.65. The molecule has 1 atom stereocenters. The van der Waals surface area contributed by atoms with Crippen LogP contribution in [0.5, 0.6) is 0 Å². The third-order valence-electron chi connectivity index (χ3n) is 4.18. The number of aromatic nitrogens is 2. The molecule has 1 amide bonds. The molecule has 1 aliphatic rings. The predicted octanol–water partition coefficient (Wildman–Crippen LogP) is 0.990. The Morgan fingerprint density at radius 1 is 1.35 bits per heavy atom. The summed E-state index contributed by atoms with van der Waals surface area (Å²) in [6.45, 7) is 0.588. The van der Waals surface area contributed by atoms with E-state index in [-0.39, 0.29) is 18.4 Å². The maximum atomic E-state index is 12.0. The number of nitrogens with zero attached hydrogens (tertiary/aromatic N) is 3. The molecule has 0 bridgehead atoms. The zero-order chi connectivity index (χ0) is 16.4. The van der Waals surface area contributed by atoms with Gasteiger partial charge in [-0.2, -0.15) is 0 Å². The summed E-state index contributed by atoms with van der Waals surface area (Å²) >= 11 is 0. The fourth-order valence-electron chi connectivity index (χ4n) is 3.04. The van der Waals surface area contributed by atoms with E-state index in [1.807, 2.05) is 31.3 Å². The van der Waals surface area contributed by atoms with Crippen molar-refractivity contribution >= 4 is 22.9 Å². The summed E-state index contributed by atoms with van der Waals surface area (Å²) in [5.41, 5.74) is 2.04. The summed E-state index contributed by atoms with van der Waals surface area (Å²) in [5, 5.41) is 8.52. The van der Waals surface area contributed by atoms with Crippen molar-refractivity contribution in [2.75, 3.05) is 26.3 Å². The second-order valence-electron chi connectivity index (χ2n) is 5.73. The molecule has 1 N–H and O–H groups in total. The standard InChI is InChI=1S/C16H19N3O4/c1-18-13-5-3-2-4-12(13)17-16(18)11-6-7-19(8-11)14(20)9-23-10-15(21)22/h2-5,11H,6-10H2,1H3,(H,21,22). The van der Waals surface area contributed by atoms with E-state index in [1.54, 1.807) is 4.90 Å². The summed E-state index contributed by atoms with van der Waals surface area (Å²) in [6.07, 6.45) is 0.849. The van der Waals surface area contributed by atoms with Crippen molar-refractivity contribution in [1.82, 2.24) is 14.5 Å². The van der Waals surface area contributed by atoms with Gasteiger partial charge in [-0.1, -0.05) is 12.1 Å². The average molecular weight is 317 g/mol. The molecule has 1 aliphatic heterocycles. The largest absolute Gasteiger partial charge is 0.480 e. The minimum Gasteiger partial charge on any atom is -0.480 e.